The average Bonchev–Trinajstić information content (AvgIpc) is 2.72. The zero-order chi connectivity index (χ0) is 12.5. The van der Waals surface area contributed by atoms with Crippen molar-refractivity contribution in [3.05, 3.63) is 11.0 Å². The fourth-order valence-electron chi connectivity index (χ4n) is 2.41. The molecule has 0 spiro atoms. The third-order valence-electron chi connectivity index (χ3n) is 3.35. The van der Waals surface area contributed by atoms with E-state index >= 15 is 0 Å². The first kappa shape index (κ1) is 12.5. The van der Waals surface area contributed by atoms with Gasteiger partial charge in [0.25, 0.3) is 0 Å². The van der Waals surface area contributed by atoms with Crippen LogP contribution < -0.4 is 5.32 Å². The summed E-state index contributed by atoms with van der Waals surface area (Å²) in [4.78, 5) is 9.23. The number of hydrogen-bond acceptors (Lipinski definition) is 4. The van der Waals surface area contributed by atoms with Gasteiger partial charge in [-0.15, -0.1) is 0 Å². The first-order chi connectivity index (χ1) is 8.74. The van der Waals surface area contributed by atoms with Crippen LogP contribution in [0.4, 0.5) is 5.82 Å². The Morgan fingerprint density at radius 1 is 1.33 bits per heavy atom. The van der Waals surface area contributed by atoms with Gasteiger partial charge in [0.15, 0.2) is 0 Å². The molecule has 1 aromatic heterocycles. The lowest BCUT2D eigenvalue weighted by Crippen LogP contribution is -2.86. The molecule has 2 aliphatic heterocycles. The lowest BCUT2D eigenvalue weighted by molar-refractivity contribution is -0.621. The molecule has 3 heterocycles. The Morgan fingerprint density at radius 2 is 2.11 bits per heavy atom. The second-order valence-corrected chi connectivity index (χ2v) is 6.42. The van der Waals surface area contributed by atoms with E-state index in [9.17, 15) is 4.21 Å². The molecule has 1 atom stereocenters. The van der Waals surface area contributed by atoms with Crippen molar-refractivity contribution in [1.29, 1.82) is 0 Å². The predicted molar refractivity (Wildman–Crippen MR) is 67.4 cm³/mol. The summed E-state index contributed by atoms with van der Waals surface area (Å²) in [6, 6.07) is 0.436. The highest BCUT2D eigenvalue weighted by molar-refractivity contribution is 7.85. The second-order valence-electron chi connectivity index (χ2n) is 4.57. The Bertz CT molecular complexity index is 491. The average molecular weight is 289 g/mol. The number of aromatic nitrogens is 2. The molecule has 0 amide bonds. The predicted octanol–water partition coefficient (Wildman–Crippen LogP) is 0.168. The molecule has 1 saturated heterocycles. The first-order valence-corrected chi connectivity index (χ1v) is 7.81. The second kappa shape index (κ2) is 5.21. The smallest absolute Gasteiger partial charge is 0.245 e. The highest BCUT2D eigenvalue weighted by Crippen LogP contribution is 2.26. The Labute approximate surface area is 113 Å². The lowest BCUT2D eigenvalue weighted by atomic mass is 10.1. The van der Waals surface area contributed by atoms with Gasteiger partial charge in [0.1, 0.15) is 4.90 Å². The van der Waals surface area contributed by atoms with Crippen molar-refractivity contribution in [2.24, 2.45) is 0 Å². The van der Waals surface area contributed by atoms with E-state index < -0.39 is 10.8 Å². The van der Waals surface area contributed by atoms with Gasteiger partial charge in [-0.2, -0.15) is 4.98 Å². The monoisotopic (exact) mass is 288 g/mol. The number of rotatable bonds is 2. The van der Waals surface area contributed by atoms with E-state index in [1.165, 1.54) is 0 Å². The van der Waals surface area contributed by atoms with E-state index in [1.807, 2.05) is 0 Å². The number of ether oxygens (including phenoxy) is 1. The SMILES string of the molecule is O=S1CCc2nc(Cl)nc([NH2+]C3CCOCC3)c21. The molecule has 0 saturated carbocycles. The van der Waals surface area contributed by atoms with Crippen LogP contribution in [-0.2, 0) is 22.0 Å². The lowest BCUT2D eigenvalue weighted by Gasteiger charge is -2.20. The summed E-state index contributed by atoms with van der Waals surface area (Å²) in [7, 11) is -0.968. The molecule has 1 fully saturated rings. The van der Waals surface area contributed by atoms with Gasteiger partial charge in [0.2, 0.25) is 11.1 Å². The van der Waals surface area contributed by atoms with E-state index in [1.54, 1.807) is 0 Å². The van der Waals surface area contributed by atoms with Crippen LogP contribution in [0, 0.1) is 0 Å². The van der Waals surface area contributed by atoms with E-state index in [2.05, 4.69) is 15.3 Å². The summed E-state index contributed by atoms with van der Waals surface area (Å²) in [5.74, 6) is 1.41. The Balaban J connectivity index is 1.89. The molecule has 7 heteroatoms. The van der Waals surface area contributed by atoms with Gasteiger partial charge < -0.3 is 4.74 Å². The van der Waals surface area contributed by atoms with Crippen LogP contribution in [0.3, 0.4) is 0 Å². The summed E-state index contributed by atoms with van der Waals surface area (Å²) in [6.45, 7) is 1.57. The third-order valence-corrected chi connectivity index (χ3v) is 4.99. The Kier molecular flexibility index (Phi) is 3.61. The molecule has 2 N–H and O–H groups in total. The van der Waals surface area contributed by atoms with Crippen molar-refractivity contribution >= 4 is 28.2 Å². The number of quaternary nitrogens is 1. The largest absolute Gasteiger partial charge is 0.381 e. The topological polar surface area (TPSA) is 68.7 Å². The van der Waals surface area contributed by atoms with Gasteiger partial charge in [-0.3, -0.25) is 9.53 Å². The summed E-state index contributed by atoms with van der Waals surface area (Å²) in [5, 5.41) is 2.35. The molecule has 18 heavy (non-hydrogen) atoms. The number of halogens is 1. The maximum absolute atomic E-state index is 12.0. The van der Waals surface area contributed by atoms with E-state index in [0.717, 1.165) is 48.9 Å². The fourth-order valence-corrected chi connectivity index (χ4v) is 3.95. The van der Waals surface area contributed by atoms with Gasteiger partial charge in [-0.1, -0.05) is 0 Å². The van der Waals surface area contributed by atoms with Gasteiger partial charge >= 0.3 is 0 Å². The molecule has 5 nitrogen and oxygen atoms in total. The van der Waals surface area contributed by atoms with Gasteiger partial charge in [0.05, 0.1) is 35.7 Å². The van der Waals surface area contributed by atoms with Crippen LogP contribution in [0.15, 0.2) is 4.90 Å². The Hall–Kier alpha value is -0.560. The fraction of sp³-hybridized carbons (Fsp3) is 0.636. The van der Waals surface area contributed by atoms with Crippen molar-refractivity contribution in [2.45, 2.75) is 30.2 Å². The quantitative estimate of drug-likeness (QED) is 0.788. The first-order valence-electron chi connectivity index (χ1n) is 6.11. The molecule has 2 aliphatic rings. The third kappa shape index (κ3) is 2.42. The molecule has 98 valence electrons. The van der Waals surface area contributed by atoms with E-state index in [-0.39, 0.29) is 5.28 Å². The van der Waals surface area contributed by atoms with Crippen molar-refractivity contribution in [3.63, 3.8) is 0 Å². The van der Waals surface area contributed by atoms with Crippen LogP contribution in [0.5, 0.6) is 0 Å². The van der Waals surface area contributed by atoms with Crippen LogP contribution in [-0.4, -0.2) is 39.2 Å². The maximum Gasteiger partial charge on any atom is 0.245 e. The number of hydrogen-bond donors (Lipinski definition) is 1. The summed E-state index contributed by atoms with van der Waals surface area (Å²) < 4.78 is 17.3. The molecule has 0 aromatic carbocycles. The number of fused-ring (bicyclic) bond motifs is 1. The highest BCUT2D eigenvalue weighted by atomic mass is 35.5. The number of nitrogens with zero attached hydrogens (tertiary/aromatic N) is 2. The van der Waals surface area contributed by atoms with Gasteiger partial charge in [0, 0.05) is 25.0 Å². The minimum atomic E-state index is -0.968. The molecule has 1 aromatic rings. The van der Waals surface area contributed by atoms with Crippen LogP contribution in [0.2, 0.25) is 5.28 Å². The minimum Gasteiger partial charge on any atom is -0.381 e. The summed E-state index contributed by atoms with van der Waals surface area (Å²) in [6.07, 6.45) is 2.71. The van der Waals surface area contributed by atoms with Crippen LogP contribution >= 0.6 is 11.6 Å². The molecule has 0 bridgehead atoms. The van der Waals surface area contributed by atoms with Crippen LogP contribution in [0.1, 0.15) is 18.5 Å². The number of aryl methyl sites for hydroxylation is 1. The zero-order valence-electron chi connectivity index (χ0n) is 9.89. The molecule has 0 radical (unpaired) electrons. The van der Waals surface area contributed by atoms with Crippen LogP contribution in [0.25, 0.3) is 0 Å². The van der Waals surface area contributed by atoms with Crippen molar-refractivity contribution < 1.29 is 14.3 Å². The molecule has 0 aliphatic carbocycles. The molecular weight excluding hydrogens is 274 g/mol. The van der Waals surface area contributed by atoms with Crippen molar-refractivity contribution in [1.82, 2.24) is 9.97 Å². The highest BCUT2D eigenvalue weighted by Gasteiger charge is 2.30. The normalized spacial score (nSPS) is 24.2. The summed E-state index contributed by atoms with van der Waals surface area (Å²) in [5.41, 5.74) is 0.853. The summed E-state index contributed by atoms with van der Waals surface area (Å²) >= 11 is 5.93. The van der Waals surface area contributed by atoms with Gasteiger partial charge in [-0.25, -0.2) is 4.98 Å². The van der Waals surface area contributed by atoms with Gasteiger partial charge in [-0.05, 0) is 11.6 Å². The van der Waals surface area contributed by atoms with Crippen molar-refractivity contribution in [2.75, 3.05) is 19.0 Å². The molecule has 3 rings (SSSR count). The van der Waals surface area contributed by atoms with E-state index in [4.69, 9.17) is 16.3 Å². The number of nitrogens with two attached hydrogens (primary N) is 1. The maximum atomic E-state index is 12.0. The Morgan fingerprint density at radius 3 is 2.89 bits per heavy atom. The molecule has 1 unspecified atom stereocenters. The minimum absolute atomic E-state index is 0.256. The van der Waals surface area contributed by atoms with E-state index in [0.29, 0.717) is 11.8 Å². The molecular formula is C11H15ClN3O2S+. The standard InChI is InChI=1S/C11H14ClN3O2S/c12-11-14-8-3-6-18(16)9(8)10(15-11)13-7-1-4-17-5-2-7/h7H,1-6H2,(H,13,14,15)/p+1. The zero-order valence-corrected chi connectivity index (χ0v) is 11.5. The van der Waals surface area contributed by atoms with Crippen molar-refractivity contribution in [3.8, 4) is 0 Å².